The fraction of sp³-hybridized carbons (Fsp3) is 0.238. The maximum Gasteiger partial charge on any atom is 0.417 e. The van der Waals surface area contributed by atoms with Crippen molar-refractivity contribution in [2.75, 3.05) is 18.7 Å². The Morgan fingerprint density at radius 2 is 2.03 bits per heavy atom. The number of carbonyl (C=O) groups is 1. The lowest BCUT2D eigenvalue weighted by molar-refractivity contribution is -0.198. The molecule has 4 aromatic rings. The molecule has 0 aliphatic carbocycles. The fourth-order valence-electron chi connectivity index (χ4n) is 3.45. The number of carbonyl (C=O) groups excluding carboxylic acids is 1. The molecule has 0 unspecified atom stereocenters. The Kier molecular flexibility index (Phi) is 7.12. The number of rotatable bonds is 8. The first-order chi connectivity index (χ1) is 17.4. The molecule has 0 aliphatic rings. The number of nitrogens with zero attached hydrogens (tertiary/aromatic N) is 5. The van der Waals surface area contributed by atoms with Gasteiger partial charge in [0.05, 0.1) is 42.9 Å². The third-order valence-corrected chi connectivity index (χ3v) is 5.83. The third kappa shape index (κ3) is 6.00. The van der Waals surface area contributed by atoms with E-state index in [0.29, 0.717) is 11.8 Å². The fourth-order valence-corrected chi connectivity index (χ4v) is 4.21. The first-order valence-electron chi connectivity index (χ1n) is 10.3. The molecule has 0 radical (unpaired) electrons. The van der Waals surface area contributed by atoms with E-state index >= 15 is 0 Å². The van der Waals surface area contributed by atoms with Gasteiger partial charge < -0.3 is 10.1 Å². The predicted octanol–water partition coefficient (Wildman–Crippen LogP) is 3.41. The molecule has 3 aromatic heterocycles. The van der Waals surface area contributed by atoms with Crippen LogP contribution in [-0.4, -0.2) is 64.3 Å². The zero-order valence-corrected chi connectivity index (χ0v) is 20.7. The third-order valence-electron chi connectivity index (χ3n) is 5.01. The summed E-state index contributed by atoms with van der Waals surface area (Å²) in [6.45, 7) is -1.02. The largest absolute Gasteiger partial charge is 0.496 e. The Hall–Kier alpha value is -3.69. The summed E-state index contributed by atoms with van der Waals surface area (Å²) in [4.78, 5) is 17.0. The summed E-state index contributed by atoms with van der Waals surface area (Å²) in [5.41, 5.74) is 0.874. The van der Waals surface area contributed by atoms with Gasteiger partial charge in [0.25, 0.3) is 16.0 Å². The number of methoxy groups -OCH3 is 1. The first kappa shape index (κ1) is 26.4. The van der Waals surface area contributed by atoms with Crippen LogP contribution in [0.15, 0.2) is 49.2 Å². The number of benzene rings is 1. The molecule has 11 nitrogen and oxygen atoms in total. The number of ether oxygens (including phenoxy) is 1. The highest BCUT2D eigenvalue weighted by atomic mass is 35.5. The number of nitrogens with one attached hydrogen (secondary N) is 1. The predicted molar refractivity (Wildman–Crippen MR) is 126 cm³/mol. The number of hydrogen-bond donors (Lipinski definition) is 1. The first-order valence-corrected chi connectivity index (χ1v) is 12.5. The van der Waals surface area contributed by atoms with Gasteiger partial charge in [-0.3, -0.25) is 13.7 Å². The minimum absolute atomic E-state index is 0.000692. The van der Waals surface area contributed by atoms with Gasteiger partial charge in [-0.15, -0.1) is 0 Å². The highest BCUT2D eigenvalue weighted by Crippen LogP contribution is 2.37. The normalized spacial score (nSPS) is 13.0. The van der Waals surface area contributed by atoms with Gasteiger partial charge in [0.2, 0.25) is 0 Å². The lowest BCUT2D eigenvalue weighted by Gasteiger charge is -2.19. The number of halogens is 4. The van der Waals surface area contributed by atoms with Gasteiger partial charge in [0, 0.05) is 23.0 Å². The van der Waals surface area contributed by atoms with Gasteiger partial charge in [0.15, 0.2) is 6.10 Å². The number of fused-ring (bicyclic) bond motifs is 1. The molecule has 196 valence electrons. The van der Waals surface area contributed by atoms with Gasteiger partial charge in [-0.25, -0.2) is 9.50 Å². The summed E-state index contributed by atoms with van der Waals surface area (Å²) in [5, 5.41) is 11.1. The zero-order valence-electron chi connectivity index (χ0n) is 19.1. The Morgan fingerprint density at radius 1 is 1.27 bits per heavy atom. The Balaban J connectivity index is 1.77. The molecule has 0 bridgehead atoms. The van der Waals surface area contributed by atoms with Crippen molar-refractivity contribution in [3.8, 4) is 17.0 Å². The van der Waals surface area contributed by atoms with Crippen molar-refractivity contribution in [2.24, 2.45) is 0 Å². The molecule has 0 fully saturated rings. The second kappa shape index (κ2) is 9.99. The van der Waals surface area contributed by atoms with Crippen LogP contribution in [0.1, 0.15) is 10.4 Å². The van der Waals surface area contributed by atoms with Crippen LogP contribution in [-0.2, 0) is 20.8 Å². The Bertz CT molecular complexity index is 1570. The molecular formula is C21H18ClF3N6O5S. The average molecular weight is 559 g/mol. The van der Waals surface area contributed by atoms with Crippen molar-refractivity contribution in [2.45, 2.75) is 18.8 Å². The monoisotopic (exact) mass is 558 g/mol. The summed E-state index contributed by atoms with van der Waals surface area (Å²) in [7, 11) is -3.08. The van der Waals surface area contributed by atoms with Gasteiger partial charge in [0.1, 0.15) is 17.8 Å². The van der Waals surface area contributed by atoms with E-state index in [0.717, 1.165) is 10.9 Å². The van der Waals surface area contributed by atoms with Crippen LogP contribution in [0.25, 0.3) is 16.8 Å². The number of aromatic nitrogens is 5. The molecule has 0 spiro atoms. The molecule has 0 saturated carbocycles. The lowest BCUT2D eigenvalue weighted by atomic mass is 10.1. The van der Waals surface area contributed by atoms with E-state index in [-0.39, 0.29) is 33.3 Å². The van der Waals surface area contributed by atoms with Crippen LogP contribution < -0.4 is 10.1 Å². The van der Waals surface area contributed by atoms with Crippen molar-refractivity contribution in [1.82, 2.24) is 24.4 Å². The van der Waals surface area contributed by atoms with Crippen LogP contribution in [0, 0.1) is 0 Å². The van der Waals surface area contributed by atoms with Crippen molar-refractivity contribution in [1.29, 1.82) is 0 Å². The molecule has 3 heterocycles. The highest BCUT2D eigenvalue weighted by molar-refractivity contribution is 7.86. The van der Waals surface area contributed by atoms with Crippen LogP contribution in [0.4, 0.5) is 18.9 Å². The van der Waals surface area contributed by atoms with E-state index in [1.807, 2.05) is 0 Å². The number of alkyl halides is 3. The van der Waals surface area contributed by atoms with E-state index in [1.54, 1.807) is 6.07 Å². The Labute approximate surface area is 212 Å². The average Bonchev–Trinajstić information content (AvgIpc) is 3.41. The van der Waals surface area contributed by atoms with Gasteiger partial charge in [-0.2, -0.15) is 31.8 Å². The van der Waals surface area contributed by atoms with Gasteiger partial charge in [-0.05, 0) is 24.3 Å². The molecule has 0 aliphatic heterocycles. The highest BCUT2D eigenvalue weighted by Gasteiger charge is 2.43. The summed E-state index contributed by atoms with van der Waals surface area (Å²) < 4.78 is 75.2. The molecule has 1 N–H and O–H groups in total. The van der Waals surface area contributed by atoms with Crippen molar-refractivity contribution < 1.29 is 35.3 Å². The second-order valence-corrected chi connectivity index (χ2v) is 9.75. The Morgan fingerprint density at radius 3 is 2.70 bits per heavy atom. The molecule has 0 saturated heterocycles. The molecule has 4 rings (SSSR count). The van der Waals surface area contributed by atoms with Gasteiger partial charge >= 0.3 is 6.18 Å². The molecular weight excluding hydrogens is 541 g/mol. The van der Waals surface area contributed by atoms with Gasteiger partial charge in [-0.1, -0.05) is 11.6 Å². The minimum atomic E-state index is -5.03. The molecule has 37 heavy (non-hydrogen) atoms. The second-order valence-electron chi connectivity index (χ2n) is 7.71. The van der Waals surface area contributed by atoms with Crippen LogP contribution >= 0.6 is 11.6 Å². The summed E-state index contributed by atoms with van der Waals surface area (Å²) >= 11 is 6.12. The molecule has 1 amide bonds. The summed E-state index contributed by atoms with van der Waals surface area (Å²) in [6.07, 6.45) is -1.97. The van der Waals surface area contributed by atoms with E-state index in [1.165, 1.54) is 48.5 Å². The number of amides is 1. The maximum atomic E-state index is 13.5. The zero-order chi connectivity index (χ0) is 27.0. The lowest BCUT2D eigenvalue weighted by Crippen LogP contribution is -2.37. The van der Waals surface area contributed by atoms with Crippen LogP contribution in [0.3, 0.4) is 0 Å². The summed E-state index contributed by atoms with van der Waals surface area (Å²) in [5.74, 6) is -0.366. The smallest absolute Gasteiger partial charge is 0.417 e. The molecule has 1 aromatic carbocycles. The number of anilines is 1. The maximum absolute atomic E-state index is 13.5. The van der Waals surface area contributed by atoms with Crippen molar-refractivity contribution >= 4 is 38.8 Å². The van der Waals surface area contributed by atoms with Crippen molar-refractivity contribution in [3.05, 3.63) is 59.8 Å². The SMILES string of the molecule is COc1ccc(Cl)cc1-c1nn(C[C@@H](OS(C)(=O)=O)C(F)(F)F)cc1NC(=O)c1cnn2cnccc12. The standard InChI is InChI=1S/C21H18ClF3N6O5S/c1-35-17-4-3-12(22)7-13(17)19-15(28-20(32)14-8-27-31-11-26-6-5-16(14)31)9-30(29-19)10-18(21(23,24)25)36-37(2,33)34/h3-9,11,18H,10H2,1-2H3,(H,28,32)/t18-/m1/s1. The van der Waals surface area contributed by atoms with Crippen molar-refractivity contribution in [3.63, 3.8) is 0 Å². The minimum Gasteiger partial charge on any atom is -0.496 e. The van der Waals surface area contributed by atoms with E-state index in [4.69, 9.17) is 16.3 Å². The quantitative estimate of drug-likeness (QED) is 0.326. The van der Waals surface area contributed by atoms with E-state index in [2.05, 4.69) is 24.7 Å². The van der Waals surface area contributed by atoms with E-state index in [9.17, 15) is 26.4 Å². The van der Waals surface area contributed by atoms with Crippen LogP contribution in [0.5, 0.6) is 5.75 Å². The molecule has 16 heteroatoms. The summed E-state index contributed by atoms with van der Waals surface area (Å²) in [6, 6.07) is 6.07. The number of hydrogen-bond acceptors (Lipinski definition) is 8. The topological polar surface area (TPSA) is 130 Å². The van der Waals surface area contributed by atoms with E-state index < -0.39 is 34.9 Å². The van der Waals surface area contributed by atoms with Crippen LogP contribution in [0.2, 0.25) is 5.02 Å². The molecule has 1 atom stereocenters.